The van der Waals surface area contributed by atoms with Gasteiger partial charge in [-0.05, 0) is 35.9 Å². The van der Waals surface area contributed by atoms with Crippen molar-refractivity contribution >= 4 is 15.9 Å². The Morgan fingerprint density at radius 2 is 1.58 bits per heavy atom. The van der Waals surface area contributed by atoms with E-state index in [1.165, 1.54) is 29.7 Å². The van der Waals surface area contributed by atoms with Gasteiger partial charge in [0, 0.05) is 5.41 Å². The van der Waals surface area contributed by atoms with E-state index < -0.39 is 9.84 Å². The smallest absolute Gasteiger partial charge is 0.199 e. The number of nitriles is 1. The molecule has 19 heavy (non-hydrogen) atoms. The summed E-state index contributed by atoms with van der Waals surface area (Å²) in [6.45, 7) is 0. The molecule has 3 nitrogen and oxygen atoms in total. The zero-order valence-corrected chi connectivity index (χ0v) is 10.8. The standard InChI is InChI=1S/C15H11NO2S/c16-12-14-6-8-15(9-7-14)19(17,18)11-10-13-4-2-1-3-5-13/h1-11H. The predicted octanol–water partition coefficient (Wildman–Crippen LogP) is 3.00. The van der Waals surface area contributed by atoms with E-state index in [2.05, 4.69) is 0 Å². The zero-order chi connectivity index (χ0) is 13.7. The summed E-state index contributed by atoms with van der Waals surface area (Å²) in [6.07, 6.45) is 1.55. The van der Waals surface area contributed by atoms with Crippen LogP contribution in [0.5, 0.6) is 0 Å². The highest BCUT2D eigenvalue weighted by molar-refractivity contribution is 7.94. The fourth-order valence-electron chi connectivity index (χ4n) is 1.53. The summed E-state index contributed by atoms with van der Waals surface area (Å²) in [5, 5.41) is 9.84. The van der Waals surface area contributed by atoms with Gasteiger partial charge in [-0.25, -0.2) is 8.42 Å². The maximum Gasteiger partial charge on any atom is 0.199 e. The summed E-state index contributed by atoms with van der Waals surface area (Å²) in [6, 6.07) is 17.0. The topological polar surface area (TPSA) is 57.9 Å². The van der Waals surface area contributed by atoms with Gasteiger partial charge < -0.3 is 0 Å². The summed E-state index contributed by atoms with van der Waals surface area (Å²) in [7, 11) is -3.47. The number of nitrogens with zero attached hydrogens (tertiary/aromatic N) is 1. The first-order chi connectivity index (χ1) is 9.12. The molecule has 0 aliphatic carbocycles. The summed E-state index contributed by atoms with van der Waals surface area (Å²) in [5.74, 6) is 0. The Bertz CT molecular complexity index is 724. The lowest BCUT2D eigenvalue weighted by atomic mass is 10.2. The van der Waals surface area contributed by atoms with Crippen molar-refractivity contribution in [2.24, 2.45) is 0 Å². The lowest BCUT2D eigenvalue weighted by Gasteiger charge is -1.99. The Labute approximate surface area is 112 Å². The summed E-state index contributed by atoms with van der Waals surface area (Å²) >= 11 is 0. The van der Waals surface area contributed by atoms with Crippen molar-refractivity contribution in [3.63, 3.8) is 0 Å². The maximum absolute atomic E-state index is 12.0. The van der Waals surface area contributed by atoms with Crippen molar-refractivity contribution in [1.82, 2.24) is 0 Å². The molecule has 0 N–H and O–H groups in total. The molecule has 0 atom stereocenters. The largest absolute Gasteiger partial charge is 0.219 e. The van der Waals surface area contributed by atoms with E-state index in [1.807, 2.05) is 36.4 Å². The van der Waals surface area contributed by atoms with Crippen LogP contribution in [0.4, 0.5) is 0 Å². The molecule has 0 radical (unpaired) electrons. The number of rotatable bonds is 3. The second-order valence-corrected chi connectivity index (χ2v) is 5.73. The molecule has 4 heteroatoms. The second-order valence-electron chi connectivity index (χ2n) is 3.89. The Hall–Kier alpha value is -2.38. The van der Waals surface area contributed by atoms with Crippen molar-refractivity contribution in [1.29, 1.82) is 5.26 Å². The van der Waals surface area contributed by atoms with E-state index in [9.17, 15) is 8.42 Å². The highest BCUT2D eigenvalue weighted by Gasteiger charge is 2.09. The molecule has 2 aromatic rings. The van der Waals surface area contributed by atoms with Crippen molar-refractivity contribution in [2.45, 2.75) is 4.90 Å². The predicted molar refractivity (Wildman–Crippen MR) is 73.8 cm³/mol. The number of hydrogen-bond donors (Lipinski definition) is 0. The van der Waals surface area contributed by atoms with Crippen LogP contribution in [-0.2, 0) is 9.84 Å². The van der Waals surface area contributed by atoms with Gasteiger partial charge in [-0.15, -0.1) is 0 Å². The molecule has 94 valence electrons. The van der Waals surface area contributed by atoms with Gasteiger partial charge in [0.1, 0.15) is 0 Å². The fourth-order valence-corrected chi connectivity index (χ4v) is 2.54. The molecule has 0 spiro atoms. The van der Waals surface area contributed by atoms with Crippen LogP contribution in [0.25, 0.3) is 6.08 Å². The molecule has 2 aromatic carbocycles. The van der Waals surface area contributed by atoms with Crippen LogP contribution in [0.1, 0.15) is 11.1 Å². The van der Waals surface area contributed by atoms with E-state index in [4.69, 9.17) is 5.26 Å². The van der Waals surface area contributed by atoms with Gasteiger partial charge in [0.15, 0.2) is 9.84 Å². The quantitative estimate of drug-likeness (QED) is 0.860. The zero-order valence-electron chi connectivity index (χ0n) is 10.0. The minimum absolute atomic E-state index is 0.179. The van der Waals surface area contributed by atoms with Gasteiger partial charge in [0.2, 0.25) is 0 Å². The van der Waals surface area contributed by atoms with E-state index in [0.717, 1.165) is 5.56 Å². The van der Waals surface area contributed by atoms with Crippen molar-refractivity contribution in [3.05, 3.63) is 71.1 Å². The molecule has 0 aliphatic heterocycles. The van der Waals surface area contributed by atoms with Gasteiger partial charge in [0.25, 0.3) is 0 Å². The van der Waals surface area contributed by atoms with Crippen LogP contribution in [0, 0.1) is 11.3 Å². The third kappa shape index (κ3) is 3.30. The maximum atomic E-state index is 12.0. The van der Waals surface area contributed by atoms with Crippen molar-refractivity contribution < 1.29 is 8.42 Å². The number of hydrogen-bond acceptors (Lipinski definition) is 3. The molecule has 0 saturated carbocycles. The molecule has 0 bridgehead atoms. The third-order valence-corrected chi connectivity index (χ3v) is 3.97. The normalized spacial score (nSPS) is 11.3. The average molecular weight is 269 g/mol. The summed E-state index contributed by atoms with van der Waals surface area (Å²) in [4.78, 5) is 0.179. The molecule has 0 aliphatic rings. The van der Waals surface area contributed by atoms with Crippen molar-refractivity contribution in [2.75, 3.05) is 0 Å². The van der Waals surface area contributed by atoms with Crippen LogP contribution in [-0.4, -0.2) is 8.42 Å². The lowest BCUT2D eigenvalue weighted by molar-refractivity contribution is 0.605. The Morgan fingerprint density at radius 3 is 2.16 bits per heavy atom. The van der Waals surface area contributed by atoms with E-state index in [0.29, 0.717) is 5.56 Å². The average Bonchev–Trinajstić information content (AvgIpc) is 2.46. The van der Waals surface area contributed by atoms with Gasteiger partial charge in [-0.3, -0.25) is 0 Å². The Morgan fingerprint density at radius 1 is 0.947 bits per heavy atom. The van der Waals surface area contributed by atoms with Crippen molar-refractivity contribution in [3.8, 4) is 6.07 Å². The highest BCUT2D eigenvalue weighted by atomic mass is 32.2. The Balaban J connectivity index is 2.28. The van der Waals surface area contributed by atoms with Gasteiger partial charge in [-0.1, -0.05) is 30.3 Å². The molecule has 0 amide bonds. The lowest BCUT2D eigenvalue weighted by Crippen LogP contribution is -1.95. The first kappa shape index (κ1) is 13.1. The minimum atomic E-state index is -3.47. The molecule has 0 aromatic heterocycles. The van der Waals surface area contributed by atoms with E-state index in [-0.39, 0.29) is 4.90 Å². The second kappa shape index (κ2) is 5.51. The molecule has 0 fully saturated rings. The third-order valence-electron chi connectivity index (χ3n) is 2.55. The van der Waals surface area contributed by atoms with Crippen LogP contribution >= 0.6 is 0 Å². The highest BCUT2D eigenvalue weighted by Crippen LogP contribution is 2.14. The van der Waals surface area contributed by atoms with Crippen LogP contribution in [0.15, 0.2) is 64.9 Å². The summed E-state index contributed by atoms with van der Waals surface area (Å²) in [5.41, 5.74) is 1.26. The first-order valence-corrected chi connectivity index (χ1v) is 7.15. The first-order valence-electron chi connectivity index (χ1n) is 5.60. The summed E-state index contributed by atoms with van der Waals surface area (Å²) < 4.78 is 24.1. The van der Waals surface area contributed by atoms with E-state index in [1.54, 1.807) is 6.08 Å². The van der Waals surface area contributed by atoms with Gasteiger partial charge in [0.05, 0.1) is 16.5 Å². The Kier molecular flexibility index (Phi) is 3.79. The van der Waals surface area contributed by atoms with Crippen LogP contribution in [0.2, 0.25) is 0 Å². The molecule has 0 heterocycles. The number of sulfone groups is 1. The fraction of sp³-hybridized carbons (Fsp3) is 0. The molecular formula is C15H11NO2S. The van der Waals surface area contributed by atoms with Gasteiger partial charge in [-0.2, -0.15) is 5.26 Å². The van der Waals surface area contributed by atoms with Crippen LogP contribution in [0.3, 0.4) is 0 Å². The molecular weight excluding hydrogens is 258 g/mol. The molecule has 0 unspecified atom stereocenters. The SMILES string of the molecule is N#Cc1ccc(S(=O)(=O)C=Cc2ccccc2)cc1. The van der Waals surface area contributed by atoms with E-state index >= 15 is 0 Å². The number of benzene rings is 2. The van der Waals surface area contributed by atoms with Gasteiger partial charge >= 0.3 is 0 Å². The molecule has 0 saturated heterocycles. The molecule has 2 rings (SSSR count). The minimum Gasteiger partial charge on any atom is -0.219 e. The van der Waals surface area contributed by atoms with Crippen LogP contribution < -0.4 is 0 Å². The monoisotopic (exact) mass is 269 g/mol.